The van der Waals surface area contributed by atoms with Crippen molar-refractivity contribution in [2.45, 2.75) is 45.1 Å². The lowest BCUT2D eigenvalue weighted by Gasteiger charge is -2.21. The third-order valence-electron chi connectivity index (χ3n) is 3.70. The molecule has 2 N–H and O–H groups in total. The van der Waals surface area contributed by atoms with Crippen molar-refractivity contribution in [3.63, 3.8) is 0 Å². The minimum atomic E-state index is 0.267. The van der Waals surface area contributed by atoms with Gasteiger partial charge < -0.3 is 5.73 Å². The quantitative estimate of drug-likeness (QED) is 0.800. The van der Waals surface area contributed by atoms with Crippen LogP contribution in [-0.2, 0) is 6.42 Å². The van der Waals surface area contributed by atoms with Crippen LogP contribution in [0.25, 0.3) is 0 Å². The molecule has 1 atom stereocenters. The SMILES string of the molecule is CCc1ccccc1C(N)C1CCCC1. The van der Waals surface area contributed by atoms with E-state index in [1.807, 2.05) is 0 Å². The third-order valence-corrected chi connectivity index (χ3v) is 3.70. The van der Waals surface area contributed by atoms with Crippen molar-refractivity contribution >= 4 is 0 Å². The summed E-state index contributed by atoms with van der Waals surface area (Å²) in [5.41, 5.74) is 9.19. The number of aryl methyl sites for hydroxylation is 1. The molecule has 1 aliphatic carbocycles. The van der Waals surface area contributed by atoms with Gasteiger partial charge in [-0.15, -0.1) is 0 Å². The average molecular weight is 203 g/mol. The zero-order valence-corrected chi connectivity index (χ0v) is 9.58. The summed E-state index contributed by atoms with van der Waals surface area (Å²) in [7, 11) is 0. The Morgan fingerprint density at radius 1 is 1.27 bits per heavy atom. The number of hydrogen-bond donors (Lipinski definition) is 1. The Kier molecular flexibility index (Phi) is 3.42. The molecule has 0 radical (unpaired) electrons. The first-order valence-corrected chi connectivity index (χ1v) is 6.16. The van der Waals surface area contributed by atoms with Gasteiger partial charge in [-0.25, -0.2) is 0 Å². The maximum Gasteiger partial charge on any atom is 0.0326 e. The van der Waals surface area contributed by atoms with Gasteiger partial charge in [0.15, 0.2) is 0 Å². The fourth-order valence-corrected chi connectivity index (χ4v) is 2.75. The highest BCUT2D eigenvalue weighted by atomic mass is 14.7. The molecule has 0 bridgehead atoms. The van der Waals surface area contributed by atoms with Crippen LogP contribution in [0.5, 0.6) is 0 Å². The minimum absolute atomic E-state index is 0.267. The molecule has 1 heteroatoms. The molecule has 0 aliphatic heterocycles. The monoisotopic (exact) mass is 203 g/mol. The summed E-state index contributed by atoms with van der Waals surface area (Å²) in [5.74, 6) is 0.720. The molecular formula is C14H21N. The largest absolute Gasteiger partial charge is 0.324 e. The minimum Gasteiger partial charge on any atom is -0.324 e. The summed E-state index contributed by atoms with van der Waals surface area (Å²) in [6, 6.07) is 8.92. The first kappa shape index (κ1) is 10.7. The zero-order valence-electron chi connectivity index (χ0n) is 9.58. The smallest absolute Gasteiger partial charge is 0.0326 e. The van der Waals surface area contributed by atoms with Crippen molar-refractivity contribution in [2.75, 3.05) is 0 Å². The molecule has 1 saturated carbocycles. The lowest BCUT2D eigenvalue weighted by Crippen LogP contribution is -2.20. The van der Waals surface area contributed by atoms with Crippen molar-refractivity contribution in [1.29, 1.82) is 0 Å². The van der Waals surface area contributed by atoms with Crippen LogP contribution in [0, 0.1) is 5.92 Å². The lowest BCUT2D eigenvalue weighted by molar-refractivity contribution is 0.443. The average Bonchev–Trinajstić information content (AvgIpc) is 2.81. The maximum atomic E-state index is 6.38. The zero-order chi connectivity index (χ0) is 10.7. The Balaban J connectivity index is 2.19. The van der Waals surface area contributed by atoms with Gasteiger partial charge in [-0.2, -0.15) is 0 Å². The standard InChI is InChI=1S/C14H21N/c1-2-11-7-5-6-10-13(11)14(15)12-8-3-4-9-12/h5-7,10,12,14H,2-4,8-9,15H2,1H3. The summed E-state index contributed by atoms with van der Waals surface area (Å²) in [4.78, 5) is 0. The van der Waals surface area contributed by atoms with E-state index in [1.54, 1.807) is 0 Å². The van der Waals surface area contributed by atoms with Crippen molar-refractivity contribution in [1.82, 2.24) is 0 Å². The molecule has 15 heavy (non-hydrogen) atoms. The van der Waals surface area contributed by atoms with Gasteiger partial charge in [0.1, 0.15) is 0 Å². The van der Waals surface area contributed by atoms with Crippen LogP contribution in [0.1, 0.15) is 49.8 Å². The van der Waals surface area contributed by atoms with Crippen LogP contribution < -0.4 is 5.73 Å². The fourth-order valence-electron chi connectivity index (χ4n) is 2.75. The van der Waals surface area contributed by atoms with E-state index in [2.05, 4.69) is 31.2 Å². The molecule has 2 rings (SSSR count). The normalized spacial score (nSPS) is 19.3. The van der Waals surface area contributed by atoms with E-state index in [9.17, 15) is 0 Å². The number of rotatable bonds is 3. The number of benzene rings is 1. The third kappa shape index (κ3) is 2.23. The molecule has 1 aromatic carbocycles. The fraction of sp³-hybridized carbons (Fsp3) is 0.571. The first-order valence-electron chi connectivity index (χ1n) is 6.16. The van der Waals surface area contributed by atoms with Crippen LogP contribution >= 0.6 is 0 Å². The van der Waals surface area contributed by atoms with Crippen molar-refractivity contribution in [3.05, 3.63) is 35.4 Å². The molecule has 0 saturated heterocycles. The lowest BCUT2D eigenvalue weighted by atomic mass is 9.89. The molecule has 0 aromatic heterocycles. The van der Waals surface area contributed by atoms with Crippen LogP contribution in [-0.4, -0.2) is 0 Å². The Bertz CT molecular complexity index is 313. The van der Waals surface area contributed by atoms with Gasteiger partial charge in [0.25, 0.3) is 0 Å². The van der Waals surface area contributed by atoms with Gasteiger partial charge in [-0.1, -0.05) is 44.0 Å². The van der Waals surface area contributed by atoms with E-state index in [4.69, 9.17) is 5.73 Å². The van der Waals surface area contributed by atoms with E-state index in [1.165, 1.54) is 36.8 Å². The van der Waals surface area contributed by atoms with Gasteiger partial charge in [0, 0.05) is 6.04 Å². The maximum absolute atomic E-state index is 6.38. The Morgan fingerprint density at radius 2 is 1.93 bits per heavy atom. The molecular weight excluding hydrogens is 182 g/mol. The molecule has 1 aromatic rings. The Morgan fingerprint density at radius 3 is 2.60 bits per heavy atom. The van der Waals surface area contributed by atoms with E-state index < -0.39 is 0 Å². The van der Waals surface area contributed by atoms with Gasteiger partial charge in [-0.3, -0.25) is 0 Å². The predicted octanol–water partition coefficient (Wildman–Crippen LogP) is 3.44. The van der Waals surface area contributed by atoms with E-state index in [0.29, 0.717) is 0 Å². The number of hydrogen-bond acceptors (Lipinski definition) is 1. The summed E-state index contributed by atoms with van der Waals surface area (Å²) in [6.45, 7) is 2.21. The van der Waals surface area contributed by atoms with Crippen LogP contribution in [0.4, 0.5) is 0 Å². The second kappa shape index (κ2) is 4.80. The van der Waals surface area contributed by atoms with Crippen LogP contribution in [0.2, 0.25) is 0 Å². The van der Waals surface area contributed by atoms with E-state index in [-0.39, 0.29) is 6.04 Å². The Labute approximate surface area is 92.7 Å². The molecule has 0 amide bonds. The summed E-state index contributed by atoms with van der Waals surface area (Å²) in [6.07, 6.45) is 6.47. The van der Waals surface area contributed by atoms with E-state index >= 15 is 0 Å². The summed E-state index contributed by atoms with van der Waals surface area (Å²) in [5, 5.41) is 0. The van der Waals surface area contributed by atoms with E-state index in [0.717, 1.165) is 12.3 Å². The summed E-state index contributed by atoms with van der Waals surface area (Å²) < 4.78 is 0. The van der Waals surface area contributed by atoms with Crippen molar-refractivity contribution in [2.24, 2.45) is 11.7 Å². The molecule has 1 aliphatic rings. The van der Waals surface area contributed by atoms with Crippen LogP contribution in [0.3, 0.4) is 0 Å². The number of nitrogens with two attached hydrogens (primary N) is 1. The van der Waals surface area contributed by atoms with Gasteiger partial charge >= 0.3 is 0 Å². The topological polar surface area (TPSA) is 26.0 Å². The van der Waals surface area contributed by atoms with Crippen LogP contribution in [0.15, 0.2) is 24.3 Å². The second-order valence-corrected chi connectivity index (χ2v) is 4.62. The molecule has 0 spiro atoms. The van der Waals surface area contributed by atoms with Crippen molar-refractivity contribution in [3.8, 4) is 0 Å². The highest BCUT2D eigenvalue weighted by Gasteiger charge is 2.24. The highest BCUT2D eigenvalue weighted by Crippen LogP contribution is 2.35. The van der Waals surface area contributed by atoms with Gasteiger partial charge in [-0.05, 0) is 36.3 Å². The predicted molar refractivity (Wildman–Crippen MR) is 64.7 cm³/mol. The van der Waals surface area contributed by atoms with Crippen molar-refractivity contribution < 1.29 is 0 Å². The van der Waals surface area contributed by atoms with Gasteiger partial charge in [0.2, 0.25) is 0 Å². The first-order chi connectivity index (χ1) is 7.33. The highest BCUT2D eigenvalue weighted by molar-refractivity contribution is 5.30. The summed E-state index contributed by atoms with van der Waals surface area (Å²) >= 11 is 0. The second-order valence-electron chi connectivity index (χ2n) is 4.62. The molecule has 82 valence electrons. The van der Waals surface area contributed by atoms with Gasteiger partial charge in [0.05, 0.1) is 0 Å². The molecule has 0 heterocycles. The Hall–Kier alpha value is -0.820. The molecule has 1 unspecified atom stereocenters. The molecule has 1 nitrogen and oxygen atoms in total. The molecule has 1 fully saturated rings.